The standard InChI is InChI=1S/C17H19FN2O/c18-13-1-3-14(4-2-13)19-15-9-11-20(12-10-15)16-5-7-17(21)8-6-16/h1-8,15,19,21H,9-12H2. The highest BCUT2D eigenvalue weighted by Crippen LogP contribution is 2.23. The van der Waals surface area contributed by atoms with Crippen molar-refractivity contribution in [2.45, 2.75) is 18.9 Å². The van der Waals surface area contributed by atoms with E-state index in [2.05, 4.69) is 10.2 Å². The minimum absolute atomic E-state index is 0.206. The highest BCUT2D eigenvalue weighted by molar-refractivity contribution is 5.50. The molecule has 2 aromatic rings. The molecule has 0 amide bonds. The fraction of sp³-hybridized carbons (Fsp3) is 0.294. The smallest absolute Gasteiger partial charge is 0.123 e. The van der Waals surface area contributed by atoms with Crippen molar-refractivity contribution in [3.8, 4) is 5.75 Å². The molecule has 2 N–H and O–H groups in total. The monoisotopic (exact) mass is 286 g/mol. The Morgan fingerprint density at radius 2 is 1.57 bits per heavy atom. The summed E-state index contributed by atoms with van der Waals surface area (Å²) < 4.78 is 12.9. The normalized spacial score (nSPS) is 16.0. The summed E-state index contributed by atoms with van der Waals surface area (Å²) in [6.07, 6.45) is 2.08. The fourth-order valence-corrected chi connectivity index (χ4v) is 2.73. The molecule has 1 aliphatic rings. The Bertz CT molecular complexity index is 575. The molecule has 0 unspecified atom stereocenters. The molecule has 0 spiro atoms. The minimum Gasteiger partial charge on any atom is -0.508 e. The van der Waals surface area contributed by atoms with Crippen LogP contribution in [0.1, 0.15) is 12.8 Å². The average molecular weight is 286 g/mol. The summed E-state index contributed by atoms with van der Waals surface area (Å²) in [5.74, 6) is 0.0920. The van der Waals surface area contributed by atoms with Crippen LogP contribution >= 0.6 is 0 Å². The molecular formula is C17H19FN2O. The van der Waals surface area contributed by atoms with Gasteiger partial charge in [0.25, 0.3) is 0 Å². The van der Waals surface area contributed by atoms with Gasteiger partial charge in [-0.25, -0.2) is 4.39 Å². The first-order chi connectivity index (χ1) is 10.2. The predicted octanol–water partition coefficient (Wildman–Crippen LogP) is 3.61. The van der Waals surface area contributed by atoms with Crippen LogP contribution in [0.3, 0.4) is 0 Å². The van der Waals surface area contributed by atoms with Gasteiger partial charge >= 0.3 is 0 Å². The van der Waals surface area contributed by atoms with E-state index < -0.39 is 0 Å². The van der Waals surface area contributed by atoms with E-state index in [9.17, 15) is 9.50 Å². The van der Waals surface area contributed by atoms with Crippen LogP contribution in [0.15, 0.2) is 48.5 Å². The Kier molecular flexibility index (Phi) is 3.95. The van der Waals surface area contributed by atoms with Gasteiger partial charge in [0.15, 0.2) is 0 Å². The van der Waals surface area contributed by atoms with E-state index >= 15 is 0 Å². The van der Waals surface area contributed by atoms with Crippen LogP contribution in [-0.2, 0) is 0 Å². The largest absolute Gasteiger partial charge is 0.508 e. The number of nitrogens with zero attached hydrogens (tertiary/aromatic N) is 1. The highest BCUT2D eigenvalue weighted by Gasteiger charge is 2.19. The van der Waals surface area contributed by atoms with Gasteiger partial charge in [0.05, 0.1) is 0 Å². The number of piperidine rings is 1. The van der Waals surface area contributed by atoms with Crippen LogP contribution in [0.4, 0.5) is 15.8 Å². The molecule has 1 fully saturated rings. The lowest BCUT2D eigenvalue weighted by molar-refractivity contribution is 0.475. The second-order valence-corrected chi connectivity index (χ2v) is 5.43. The van der Waals surface area contributed by atoms with Gasteiger partial charge < -0.3 is 15.3 Å². The van der Waals surface area contributed by atoms with E-state index in [1.807, 2.05) is 12.1 Å². The number of hydrogen-bond donors (Lipinski definition) is 2. The molecule has 2 aromatic carbocycles. The first-order valence-electron chi connectivity index (χ1n) is 7.27. The molecule has 0 aromatic heterocycles. The van der Waals surface area contributed by atoms with Crippen molar-refractivity contribution in [1.29, 1.82) is 0 Å². The fourth-order valence-electron chi connectivity index (χ4n) is 2.73. The van der Waals surface area contributed by atoms with Crippen molar-refractivity contribution in [1.82, 2.24) is 0 Å². The summed E-state index contributed by atoms with van der Waals surface area (Å²) in [7, 11) is 0. The molecule has 0 aliphatic carbocycles. The summed E-state index contributed by atoms with van der Waals surface area (Å²) in [5, 5.41) is 12.8. The SMILES string of the molecule is Oc1ccc(N2CCC(Nc3ccc(F)cc3)CC2)cc1. The summed E-state index contributed by atoms with van der Waals surface area (Å²) in [6, 6.07) is 14.3. The average Bonchev–Trinajstić information content (AvgIpc) is 2.51. The summed E-state index contributed by atoms with van der Waals surface area (Å²) in [4.78, 5) is 2.32. The number of anilines is 2. The first kappa shape index (κ1) is 13.7. The maximum atomic E-state index is 12.9. The first-order valence-corrected chi connectivity index (χ1v) is 7.27. The third kappa shape index (κ3) is 3.45. The zero-order chi connectivity index (χ0) is 14.7. The number of nitrogens with one attached hydrogen (secondary N) is 1. The molecule has 1 aliphatic heterocycles. The van der Waals surface area contributed by atoms with Crippen LogP contribution in [0.5, 0.6) is 5.75 Å². The molecule has 0 atom stereocenters. The summed E-state index contributed by atoms with van der Waals surface area (Å²) in [5.41, 5.74) is 2.12. The quantitative estimate of drug-likeness (QED) is 0.904. The summed E-state index contributed by atoms with van der Waals surface area (Å²) in [6.45, 7) is 1.95. The van der Waals surface area contributed by atoms with Gasteiger partial charge in [0.1, 0.15) is 11.6 Å². The van der Waals surface area contributed by atoms with Gasteiger partial charge in [-0.3, -0.25) is 0 Å². The molecule has 0 radical (unpaired) electrons. The molecule has 110 valence electrons. The number of hydrogen-bond acceptors (Lipinski definition) is 3. The Balaban J connectivity index is 1.55. The van der Waals surface area contributed by atoms with Gasteiger partial charge in [-0.15, -0.1) is 0 Å². The van der Waals surface area contributed by atoms with E-state index in [1.54, 1.807) is 24.3 Å². The molecular weight excluding hydrogens is 267 g/mol. The molecule has 3 rings (SSSR count). The van der Waals surface area contributed by atoms with Crippen LogP contribution in [0, 0.1) is 5.82 Å². The Morgan fingerprint density at radius 1 is 0.952 bits per heavy atom. The van der Waals surface area contributed by atoms with E-state index in [4.69, 9.17) is 0 Å². The topological polar surface area (TPSA) is 35.5 Å². The molecule has 0 bridgehead atoms. The zero-order valence-corrected chi connectivity index (χ0v) is 11.8. The highest BCUT2D eigenvalue weighted by atomic mass is 19.1. The maximum absolute atomic E-state index is 12.9. The second-order valence-electron chi connectivity index (χ2n) is 5.43. The van der Waals surface area contributed by atoms with Crippen molar-refractivity contribution in [2.75, 3.05) is 23.3 Å². The van der Waals surface area contributed by atoms with E-state index in [0.29, 0.717) is 11.8 Å². The van der Waals surface area contributed by atoms with Gasteiger partial charge in [-0.05, 0) is 61.4 Å². The van der Waals surface area contributed by atoms with E-state index in [1.165, 1.54) is 12.1 Å². The summed E-state index contributed by atoms with van der Waals surface area (Å²) >= 11 is 0. The van der Waals surface area contributed by atoms with Crippen molar-refractivity contribution in [2.24, 2.45) is 0 Å². The van der Waals surface area contributed by atoms with Crippen molar-refractivity contribution in [3.63, 3.8) is 0 Å². The zero-order valence-electron chi connectivity index (χ0n) is 11.8. The lowest BCUT2D eigenvalue weighted by Gasteiger charge is -2.34. The number of aromatic hydroxyl groups is 1. The number of phenols is 1. The molecule has 1 heterocycles. The van der Waals surface area contributed by atoms with E-state index in [-0.39, 0.29) is 5.82 Å². The Hall–Kier alpha value is -2.23. The van der Waals surface area contributed by atoms with Crippen LogP contribution in [0.2, 0.25) is 0 Å². The number of phenolic OH excluding ortho intramolecular Hbond substituents is 1. The third-order valence-electron chi connectivity index (χ3n) is 3.92. The third-order valence-corrected chi connectivity index (χ3v) is 3.92. The minimum atomic E-state index is -0.206. The predicted molar refractivity (Wildman–Crippen MR) is 83.4 cm³/mol. The van der Waals surface area contributed by atoms with Gasteiger partial charge in [-0.2, -0.15) is 0 Å². The maximum Gasteiger partial charge on any atom is 0.123 e. The molecule has 0 saturated carbocycles. The van der Waals surface area contributed by atoms with E-state index in [0.717, 1.165) is 37.3 Å². The van der Waals surface area contributed by atoms with Gasteiger partial charge in [0.2, 0.25) is 0 Å². The molecule has 3 nitrogen and oxygen atoms in total. The van der Waals surface area contributed by atoms with Crippen LogP contribution in [0.25, 0.3) is 0 Å². The molecule has 4 heteroatoms. The number of benzene rings is 2. The van der Waals surface area contributed by atoms with Gasteiger partial charge in [0, 0.05) is 30.5 Å². The molecule has 21 heavy (non-hydrogen) atoms. The van der Waals surface area contributed by atoms with Crippen LogP contribution in [-0.4, -0.2) is 24.2 Å². The lowest BCUT2D eigenvalue weighted by atomic mass is 10.0. The van der Waals surface area contributed by atoms with Crippen molar-refractivity contribution in [3.05, 3.63) is 54.3 Å². The van der Waals surface area contributed by atoms with Crippen LogP contribution < -0.4 is 10.2 Å². The Labute approximate surface area is 124 Å². The second kappa shape index (κ2) is 6.04. The number of halogens is 1. The van der Waals surface area contributed by atoms with Crippen molar-refractivity contribution < 1.29 is 9.50 Å². The Morgan fingerprint density at radius 3 is 2.19 bits per heavy atom. The van der Waals surface area contributed by atoms with Gasteiger partial charge in [-0.1, -0.05) is 0 Å². The van der Waals surface area contributed by atoms with Crippen molar-refractivity contribution >= 4 is 11.4 Å². The lowest BCUT2D eigenvalue weighted by Crippen LogP contribution is -2.39. The number of rotatable bonds is 3. The molecule has 1 saturated heterocycles.